The summed E-state index contributed by atoms with van der Waals surface area (Å²) in [6, 6.07) is 7.33. The van der Waals surface area contributed by atoms with Crippen molar-refractivity contribution in [2.75, 3.05) is 17.2 Å². The fourth-order valence-corrected chi connectivity index (χ4v) is 3.78. The molecule has 0 radical (unpaired) electrons. The molecule has 0 bridgehead atoms. The number of benzene rings is 1. The summed E-state index contributed by atoms with van der Waals surface area (Å²) in [4.78, 5) is 2.65. The minimum absolute atomic E-state index is 0.788. The van der Waals surface area contributed by atoms with Crippen molar-refractivity contribution in [2.45, 2.75) is 51.5 Å². The van der Waals surface area contributed by atoms with Crippen molar-refractivity contribution in [1.82, 2.24) is 0 Å². The van der Waals surface area contributed by atoms with E-state index in [9.17, 15) is 0 Å². The van der Waals surface area contributed by atoms with E-state index >= 15 is 0 Å². The van der Waals surface area contributed by atoms with Crippen molar-refractivity contribution in [3.63, 3.8) is 0 Å². The molecular formula is C16H24N2. The number of anilines is 2. The van der Waals surface area contributed by atoms with Crippen molar-refractivity contribution >= 4 is 11.4 Å². The number of aryl methyl sites for hydroxylation is 1. The van der Waals surface area contributed by atoms with Crippen LogP contribution in [0.15, 0.2) is 18.2 Å². The van der Waals surface area contributed by atoms with E-state index < -0.39 is 0 Å². The third-order valence-corrected chi connectivity index (χ3v) is 4.83. The summed E-state index contributed by atoms with van der Waals surface area (Å²) in [6.07, 6.45) is 8.46. The van der Waals surface area contributed by atoms with E-state index in [-0.39, 0.29) is 0 Å². The number of hydrogen-bond acceptors (Lipinski definition) is 2. The van der Waals surface area contributed by atoms with Crippen molar-refractivity contribution in [1.29, 1.82) is 0 Å². The molecule has 0 aromatic heterocycles. The number of nitrogens with two attached hydrogens (primary N) is 1. The molecule has 1 aliphatic heterocycles. The number of fused-ring (bicyclic) bond motifs is 1. The average molecular weight is 244 g/mol. The van der Waals surface area contributed by atoms with Crippen LogP contribution < -0.4 is 10.6 Å². The fraction of sp³-hybridized carbons (Fsp3) is 0.625. The number of rotatable bonds is 1. The van der Waals surface area contributed by atoms with Crippen LogP contribution in [0.5, 0.6) is 0 Å². The maximum Gasteiger partial charge on any atom is 0.0372 e. The normalized spacial score (nSPS) is 27.9. The molecule has 2 N–H and O–H groups in total. The maximum absolute atomic E-state index is 5.93. The largest absolute Gasteiger partial charge is 0.399 e. The smallest absolute Gasteiger partial charge is 0.0372 e. The summed E-state index contributed by atoms with van der Waals surface area (Å²) in [5.41, 5.74) is 9.45. The first-order valence-electron chi connectivity index (χ1n) is 7.38. The van der Waals surface area contributed by atoms with E-state index in [1.54, 1.807) is 0 Å². The standard InChI is InChI=1S/C16H24N2/c1-12-11-14(8-9-15(12)17)18-10-4-6-13-5-2-3-7-16(13)18/h8-9,11,13,16H,2-7,10,17H2,1H3. The van der Waals surface area contributed by atoms with Gasteiger partial charge in [-0.25, -0.2) is 0 Å². The Balaban J connectivity index is 1.87. The molecule has 2 nitrogen and oxygen atoms in total. The Morgan fingerprint density at radius 2 is 1.89 bits per heavy atom. The van der Waals surface area contributed by atoms with Gasteiger partial charge in [0.25, 0.3) is 0 Å². The second-order valence-electron chi connectivity index (χ2n) is 5.99. The molecule has 2 aliphatic rings. The van der Waals surface area contributed by atoms with E-state index in [0.717, 1.165) is 17.6 Å². The Kier molecular flexibility index (Phi) is 3.19. The lowest BCUT2D eigenvalue weighted by molar-refractivity contribution is 0.244. The second-order valence-corrected chi connectivity index (χ2v) is 5.99. The fourth-order valence-electron chi connectivity index (χ4n) is 3.78. The quantitative estimate of drug-likeness (QED) is 0.763. The molecule has 2 unspecified atom stereocenters. The molecule has 1 aliphatic carbocycles. The van der Waals surface area contributed by atoms with E-state index in [0.29, 0.717) is 0 Å². The zero-order chi connectivity index (χ0) is 12.5. The van der Waals surface area contributed by atoms with Gasteiger partial charge in [0.05, 0.1) is 0 Å². The molecule has 1 saturated heterocycles. The molecule has 1 saturated carbocycles. The molecule has 98 valence electrons. The van der Waals surface area contributed by atoms with Gasteiger partial charge in [-0.05, 0) is 62.3 Å². The molecule has 0 spiro atoms. The van der Waals surface area contributed by atoms with Gasteiger partial charge < -0.3 is 10.6 Å². The third-order valence-electron chi connectivity index (χ3n) is 4.83. The summed E-state index contributed by atoms with van der Waals surface area (Å²) in [7, 11) is 0. The number of hydrogen-bond donors (Lipinski definition) is 1. The number of piperidine rings is 1. The Morgan fingerprint density at radius 3 is 2.72 bits per heavy atom. The van der Waals surface area contributed by atoms with Gasteiger partial charge >= 0.3 is 0 Å². The van der Waals surface area contributed by atoms with Crippen molar-refractivity contribution in [2.24, 2.45) is 5.92 Å². The Morgan fingerprint density at radius 1 is 1.11 bits per heavy atom. The van der Waals surface area contributed by atoms with Gasteiger partial charge in [-0.3, -0.25) is 0 Å². The summed E-state index contributed by atoms with van der Waals surface area (Å²) >= 11 is 0. The van der Waals surface area contributed by atoms with Crippen LogP contribution in [-0.2, 0) is 0 Å². The molecule has 1 aromatic carbocycles. The van der Waals surface area contributed by atoms with Crippen LogP contribution >= 0.6 is 0 Å². The highest BCUT2D eigenvalue weighted by molar-refractivity contribution is 5.58. The van der Waals surface area contributed by atoms with Gasteiger partial charge in [0.2, 0.25) is 0 Å². The topological polar surface area (TPSA) is 29.3 Å². The first-order chi connectivity index (χ1) is 8.75. The first kappa shape index (κ1) is 11.9. The molecule has 1 aromatic rings. The molecular weight excluding hydrogens is 220 g/mol. The minimum atomic E-state index is 0.788. The Labute approximate surface area is 110 Å². The third kappa shape index (κ3) is 2.09. The highest BCUT2D eigenvalue weighted by atomic mass is 15.2. The molecule has 2 atom stereocenters. The lowest BCUT2D eigenvalue weighted by atomic mass is 9.78. The predicted molar refractivity (Wildman–Crippen MR) is 77.9 cm³/mol. The monoisotopic (exact) mass is 244 g/mol. The zero-order valence-corrected chi connectivity index (χ0v) is 11.4. The van der Waals surface area contributed by atoms with Gasteiger partial charge in [0, 0.05) is 24.0 Å². The van der Waals surface area contributed by atoms with Gasteiger partial charge in [-0.2, -0.15) is 0 Å². The van der Waals surface area contributed by atoms with Gasteiger partial charge in [-0.15, -0.1) is 0 Å². The van der Waals surface area contributed by atoms with E-state index in [2.05, 4.69) is 30.0 Å². The molecule has 3 rings (SSSR count). The van der Waals surface area contributed by atoms with Crippen LogP contribution in [0, 0.1) is 12.8 Å². The second kappa shape index (κ2) is 4.83. The highest BCUT2D eigenvalue weighted by Crippen LogP contribution is 2.38. The maximum atomic E-state index is 5.93. The van der Waals surface area contributed by atoms with Crippen molar-refractivity contribution < 1.29 is 0 Å². The number of nitrogen functional groups attached to an aromatic ring is 1. The van der Waals surface area contributed by atoms with Crippen molar-refractivity contribution in [3.05, 3.63) is 23.8 Å². The Bertz CT molecular complexity index is 425. The summed E-state index contributed by atoms with van der Waals surface area (Å²) in [5, 5.41) is 0. The van der Waals surface area contributed by atoms with Crippen molar-refractivity contribution in [3.8, 4) is 0 Å². The SMILES string of the molecule is Cc1cc(N2CCCC3CCCCC32)ccc1N. The molecule has 1 heterocycles. The lowest BCUT2D eigenvalue weighted by Crippen LogP contribution is -2.46. The van der Waals surface area contributed by atoms with Gasteiger partial charge in [0.1, 0.15) is 0 Å². The zero-order valence-electron chi connectivity index (χ0n) is 11.4. The minimum Gasteiger partial charge on any atom is -0.399 e. The van der Waals surface area contributed by atoms with E-state index in [1.165, 1.54) is 56.3 Å². The van der Waals surface area contributed by atoms with Crippen LogP contribution in [0.25, 0.3) is 0 Å². The average Bonchev–Trinajstić information content (AvgIpc) is 2.41. The van der Waals surface area contributed by atoms with Gasteiger partial charge in [-0.1, -0.05) is 12.8 Å². The predicted octanol–water partition coefficient (Wildman–Crippen LogP) is 3.74. The molecule has 18 heavy (non-hydrogen) atoms. The lowest BCUT2D eigenvalue weighted by Gasteiger charge is -2.45. The van der Waals surface area contributed by atoms with Crippen LogP contribution in [-0.4, -0.2) is 12.6 Å². The summed E-state index contributed by atoms with van der Waals surface area (Å²) in [6.45, 7) is 3.34. The summed E-state index contributed by atoms with van der Waals surface area (Å²) < 4.78 is 0. The van der Waals surface area contributed by atoms with Crippen LogP contribution in [0.1, 0.15) is 44.1 Å². The summed E-state index contributed by atoms with van der Waals surface area (Å²) in [5.74, 6) is 0.936. The molecule has 2 fully saturated rings. The van der Waals surface area contributed by atoms with E-state index in [4.69, 9.17) is 5.73 Å². The molecule has 2 heteroatoms. The van der Waals surface area contributed by atoms with Crippen LogP contribution in [0.3, 0.4) is 0 Å². The van der Waals surface area contributed by atoms with Crippen LogP contribution in [0.4, 0.5) is 11.4 Å². The van der Waals surface area contributed by atoms with E-state index in [1.807, 2.05) is 0 Å². The molecule has 0 amide bonds. The number of nitrogens with zero attached hydrogens (tertiary/aromatic N) is 1. The first-order valence-corrected chi connectivity index (χ1v) is 7.38. The highest BCUT2D eigenvalue weighted by Gasteiger charge is 2.33. The van der Waals surface area contributed by atoms with Crippen LogP contribution in [0.2, 0.25) is 0 Å². The van der Waals surface area contributed by atoms with Gasteiger partial charge in [0.15, 0.2) is 0 Å². The Hall–Kier alpha value is -1.18.